The van der Waals surface area contributed by atoms with Crippen molar-refractivity contribution in [3.05, 3.63) is 69.2 Å². The molecule has 0 aliphatic rings. The van der Waals surface area contributed by atoms with Crippen molar-refractivity contribution >= 4 is 29.2 Å². The molecule has 1 unspecified atom stereocenters. The second-order valence-electron chi connectivity index (χ2n) is 4.77. The van der Waals surface area contributed by atoms with Crippen molar-refractivity contribution in [1.29, 1.82) is 0 Å². The molecule has 110 valence electrons. The largest absolute Gasteiger partial charge is 0.478 e. The van der Waals surface area contributed by atoms with Crippen LogP contribution < -0.4 is 5.32 Å². The van der Waals surface area contributed by atoms with Crippen LogP contribution in [0.3, 0.4) is 0 Å². The maximum absolute atomic E-state index is 10.8. The van der Waals surface area contributed by atoms with E-state index < -0.39 is 5.97 Å². The lowest BCUT2D eigenvalue weighted by molar-refractivity contribution is 0.0697. The van der Waals surface area contributed by atoms with Gasteiger partial charge in [0.05, 0.1) is 5.56 Å². The number of benzene rings is 2. The predicted molar refractivity (Wildman–Crippen MR) is 85.1 cm³/mol. The number of hydrogen-bond donors (Lipinski definition) is 2. The van der Waals surface area contributed by atoms with E-state index in [4.69, 9.17) is 28.3 Å². The van der Waals surface area contributed by atoms with E-state index in [9.17, 15) is 4.79 Å². The summed E-state index contributed by atoms with van der Waals surface area (Å²) in [4.78, 5) is 10.8. The number of carboxylic acid groups (broad SMARTS) is 1. The van der Waals surface area contributed by atoms with Crippen LogP contribution in [0, 0.1) is 0 Å². The maximum Gasteiger partial charge on any atom is 0.335 e. The van der Waals surface area contributed by atoms with Crippen LogP contribution in [-0.2, 0) is 6.54 Å². The smallest absolute Gasteiger partial charge is 0.335 e. The van der Waals surface area contributed by atoms with Crippen LogP contribution in [0.2, 0.25) is 10.0 Å². The molecule has 3 nitrogen and oxygen atoms in total. The number of rotatable bonds is 5. The number of nitrogens with one attached hydrogen (secondary N) is 1. The fourth-order valence-electron chi connectivity index (χ4n) is 2.00. The summed E-state index contributed by atoms with van der Waals surface area (Å²) in [6, 6.07) is 12.3. The van der Waals surface area contributed by atoms with Crippen LogP contribution in [0.4, 0.5) is 0 Å². The van der Waals surface area contributed by atoms with Gasteiger partial charge in [0.1, 0.15) is 0 Å². The summed E-state index contributed by atoms with van der Waals surface area (Å²) in [5.41, 5.74) is 2.27. The molecule has 0 bridgehead atoms. The highest BCUT2D eigenvalue weighted by atomic mass is 35.5. The zero-order chi connectivity index (χ0) is 15.4. The Morgan fingerprint density at radius 1 is 1.19 bits per heavy atom. The van der Waals surface area contributed by atoms with Gasteiger partial charge in [0.25, 0.3) is 0 Å². The minimum absolute atomic E-state index is 0.0638. The van der Waals surface area contributed by atoms with Gasteiger partial charge in [-0.1, -0.05) is 41.4 Å². The molecule has 0 aliphatic heterocycles. The molecule has 0 aliphatic carbocycles. The summed E-state index contributed by atoms with van der Waals surface area (Å²) in [5, 5.41) is 13.4. The number of carboxylic acids is 1. The average molecular weight is 324 g/mol. The van der Waals surface area contributed by atoms with Gasteiger partial charge in [0.15, 0.2) is 0 Å². The van der Waals surface area contributed by atoms with E-state index in [-0.39, 0.29) is 11.6 Å². The lowest BCUT2D eigenvalue weighted by Gasteiger charge is -2.16. The molecule has 2 rings (SSSR count). The molecule has 2 aromatic rings. The molecule has 0 heterocycles. The lowest BCUT2D eigenvalue weighted by atomic mass is 10.1. The Bertz CT molecular complexity index is 641. The van der Waals surface area contributed by atoms with E-state index in [0.717, 1.165) is 11.1 Å². The van der Waals surface area contributed by atoms with Crippen molar-refractivity contribution < 1.29 is 9.90 Å². The summed E-state index contributed by atoms with van der Waals surface area (Å²) in [6.45, 7) is 2.64. The topological polar surface area (TPSA) is 49.3 Å². The van der Waals surface area contributed by atoms with Gasteiger partial charge in [-0.2, -0.15) is 0 Å². The molecule has 1 atom stereocenters. The first-order chi connectivity index (χ1) is 9.97. The molecule has 0 spiro atoms. The van der Waals surface area contributed by atoms with Gasteiger partial charge in [-0.15, -0.1) is 0 Å². The van der Waals surface area contributed by atoms with Crippen molar-refractivity contribution in [3.8, 4) is 0 Å². The molecule has 0 radical (unpaired) electrons. The molecule has 0 saturated carbocycles. The summed E-state index contributed by atoms with van der Waals surface area (Å²) < 4.78 is 0. The standard InChI is InChI=1S/C16H15Cl2NO2/c1-10(14-7-6-13(17)8-15(14)18)19-9-11-2-4-12(5-3-11)16(20)21/h2-8,10,19H,9H2,1H3,(H,20,21). The third-order valence-corrected chi connectivity index (χ3v) is 3.80. The van der Waals surface area contributed by atoms with Gasteiger partial charge in [-0.05, 0) is 42.3 Å². The van der Waals surface area contributed by atoms with Crippen molar-refractivity contribution in [2.24, 2.45) is 0 Å². The highest BCUT2D eigenvalue weighted by molar-refractivity contribution is 6.35. The Hall–Kier alpha value is -1.55. The number of halogens is 2. The van der Waals surface area contributed by atoms with Crippen molar-refractivity contribution in [1.82, 2.24) is 5.32 Å². The predicted octanol–water partition coefficient (Wildman–Crippen LogP) is 4.54. The summed E-state index contributed by atoms with van der Waals surface area (Å²) >= 11 is 12.1. The Morgan fingerprint density at radius 2 is 1.86 bits per heavy atom. The Balaban J connectivity index is 2.00. The van der Waals surface area contributed by atoms with Gasteiger partial charge in [0.2, 0.25) is 0 Å². The quantitative estimate of drug-likeness (QED) is 0.849. The van der Waals surface area contributed by atoms with Gasteiger partial charge in [-0.25, -0.2) is 4.79 Å². The molecule has 5 heteroatoms. The van der Waals surface area contributed by atoms with E-state index in [1.54, 1.807) is 30.3 Å². The van der Waals surface area contributed by atoms with Crippen LogP contribution in [0.15, 0.2) is 42.5 Å². The van der Waals surface area contributed by atoms with Crippen LogP contribution in [0.25, 0.3) is 0 Å². The van der Waals surface area contributed by atoms with Gasteiger partial charge in [0, 0.05) is 22.6 Å². The molecule has 2 N–H and O–H groups in total. The van der Waals surface area contributed by atoms with E-state index >= 15 is 0 Å². The fourth-order valence-corrected chi connectivity index (χ4v) is 2.57. The van der Waals surface area contributed by atoms with Crippen LogP contribution >= 0.6 is 23.2 Å². The van der Waals surface area contributed by atoms with E-state index in [1.807, 2.05) is 19.1 Å². The first-order valence-electron chi connectivity index (χ1n) is 6.48. The summed E-state index contributed by atoms with van der Waals surface area (Å²) in [7, 11) is 0. The SMILES string of the molecule is CC(NCc1ccc(C(=O)O)cc1)c1ccc(Cl)cc1Cl. The lowest BCUT2D eigenvalue weighted by Crippen LogP contribution is -2.18. The highest BCUT2D eigenvalue weighted by Crippen LogP contribution is 2.26. The zero-order valence-corrected chi connectivity index (χ0v) is 12.9. The third kappa shape index (κ3) is 4.21. The zero-order valence-electron chi connectivity index (χ0n) is 11.4. The second kappa shape index (κ2) is 6.94. The molecule has 21 heavy (non-hydrogen) atoms. The summed E-state index contributed by atoms with van der Waals surface area (Å²) in [6.07, 6.45) is 0. The molecule has 0 saturated heterocycles. The van der Waals surface area contributed by atoms with Gasteiger partial charge >= 0.3 is 5.97 Å². The fraction of sp³-hybridized carbons (Fsp3) is 0.188. The number of hydrogen-bond acceptors (Lipinski definition) is 2. The molecule has 0 aromatic heterocycles. The third-order valence-electron chi connectivity index (χ3n) is 3.24. The molecular weight excluding hydrogens is 309 g/mol. The second-order valence-corrected chi connectivity index (χ2v) is 5.61. The first-order valence-corrected chi connectivity index (χ1v) is 7.23. The monoisotopic (exact) mass is 323 g/mol. The maximum atomic E-state index is 10.8. The normalized spacial score (nSPS) is 12.1. The first kappa shape index (κ1) is 15.8. The minimum atomic E-state index is -0.921. The Morgan fingerprint density at radius 3 is 2.43 bits per heavy atom. The van der Waals surface area contributed by atoms with Gasteiger partial charge < -0.3 is 10.4 Å². The molecule has 2 aromatic carbocycles. The van der Waals surface area contributed by atoms with Crippen molar-refractivity contribution in [3.63, 3.8) is 0 Å². The highest BCUT2D eigenvalue weighted by Gasteiger charge is 2.10. The van der Waals surface area contributed by atoms with Gasteiger partial charge in [-0.3, -0.25) is 0 Å². The van der Waals surface area contributed by atoms with E-state index in [0.29, 0.717) is 16.6 Å². The molecular formula is C16H15Cl2NO2. The van der Waals surface area contributed by atoms with Crippen molar-refractivity contribution in [2.45, 2.75) is 19.5 Å². The molecule has 0 amide bonds. The summed E-state index contributed by atoms with van der Waals surface area (Å²) in [5.74, 6) is -0.921. The van der Waals surface area contributed by atoms with Crippen LogP contribution in [0.5, 0.6) is 0 Å². The van der Waals surface area contributed by atoms with E-state index in [1.165, 1.54) is 0 Å². The van der Waals surface area contributed by atoms with Crippen molar-refractivity contribution in [2.75, 3.05) is 0 Å². The Labute approximate surface area is 133 Å². The van der Waals surface area contributed by atoms with E-state index in [2.05, 4.69) is 5.32 Å². The number of carbonyl (C=O) groups is 1. The molecule has 0 fully saturated rings. The number of aromatic carboxylic acids is 1. The Kier molecular flexibility index (Phi) is 5.23. The average Bonchev–Trinajstić information content (AvgIpc) is 2.45. The minimum Gasteiger partial charge on any atom is -0.478 e. The van der Waals surface area contributed by atoms with Crippen LogP contribution in [-0.4, -0.2) is 11.1 Å². The van der Waals surface area contributed by atoms with Crippen LogP contribution in [0.1, 0.15) is 34.5 Å².